The molecule has 4 rings (SSSR count). The molecular formula is C26H34N4O. The number of carbonyl (C=O) groups excluding carboxylic acids is 1. The first-order valence-corrected chi connectivity index (χ1v) is 11.4. The first-order chi connectivity index (χ1) is 14.8. The molecule has 0 bridgehead atoms. The van der Waals surface area contributed by atoms with E-state index in [2.05, 4.69) is 64.8 Å². The molecule has 3 aromatic rings. The highest BCUT2D eigenvalue weighted by Crippen LogP contribution is 2.37. The van der Waals surface area contributed by atoms with Crippen LogP contribution in [0.15, 0.2) is 36.5 Å². The fourth-order valence-electron chi connectivity index (χ4n) is 4.59. The van der Waals surface area contributed by atoms with Crippen LogP contribution in [0.5, 0.6) is 0 Å². The van der Waals surface area contributed by atoms with Gasteiger partial charge in [0.05, 0.1) is 11.1 Å². The van der Waals surface area contributed by atoms with E-state index >= 15 is 0 Å². The highest BCUT2D eigenvalue weighted by atomic mass is 16.2. The van der Waals surface area contributed by atoms with E-state index in [-0.39, 0.29) is 11.9 Å². The van der Waals surface area contributed by atoms with E-state index in [9.17, 15) is 4.79 Å². The minimum absolute atomic E-state index is 0.102. The van der Waals surface area contributed by atoms with E-state index in [4.69, 9.17) is 0 Å². The second kappa shape index (κ2) is 8.46. The standard InChI is InChI=1S/C26H34N4O/c1-16(2)23-21-15-19(26(4,5)25(31)29-20-9-11-27-12-10-20)6-7-22(21)30-24(23)18-8-13-28-17(3)14-18/h6-8,13-16,20,27,30H,9-12H2,1-5H3,(H,29,31). The van der Waals surface area contributed by atoms with Gasteiger partial charge in [0.1, 0.15) is 0 Å². The third-order valence-corrected chi connectivity index (χ3v) is 6.57. The van der Waals surface area contributed by atoms with Crippen LogP contribution in [0.1, 0.15) is 63.3 Å². The van der Waals surface area contributed by atoms with Crippen molar-refractivity contribution in [1.82, 2.24) is 20.6 Å². The largest absolute Gasteiger partial charge is 0.354 e. The van der Waals surface area contributed by atoms with Crippen molar-refractivity contribution in [2.24, 2.45) is 0 Å². The number of aromatic amines is 1. The first kappa shape index (κ1) is 21.6. The predicted octanol–water partition coefficient (Wildman–Crippen LogP) is 4.81. The number of aromatic nitrogens is 2. The Kier molecular flexibility index (Phi) is 5.89. The van der Waals surface area contributed by atoms with Gasteiger partial charge in [-0.2, -0.15) is 0 Å². The summed E-state index contributed by atoms with van der Waals surface area (Å²) in [6, 6.07) is 10.9. The zero-order valence-electron chi connectivity index (χ0n) is 19.3. The summed E-state index contributed by atoms with van der Waals surface area (Å²) in [5.74, 6) is 0.449. The molecule has 1 amide bonds. The maximum atomic E-state index is 13.2. The molecule has 5 nitrogen and oxygen atoms in total. The van der Waals surface area contributed by atoms with Gasteiger partial charge in [0.2, 0.25) is 5.91 Å². The van der Waals surface area contributed by atoms with Crippen molar-refractivity contribution in [3.05, 3.63) is 53.3 Å². The van der Waals surface area contributed by atoms with Crippen molar-refractivity contribution in [2.75, 3.05) is 13.1 Å². The van der Waals surface area contributed by atoms with Gasteiger partial charge in [-0.25, -0.2) is 0 Å². The lowest BCUT2D eigenvalue weighted by atomic mass is 9.82. The second-order valence-corrected chi connectivity index (χ2v) is 9.64. The summed E-state index contributed by atoms with van der Waals surface area (Å²) < 4.78 is 0. The Hall–Kier alpha value is -2.66. The number of nitrogens with one attached hydrogen (secondary N) is 3. The molecule has 1 aliphatic heterocycles. The molecule has 0 radical (unpaired) electrons. The molecule has 1 fully saturated rings. The van der Waals surface area contributed by atoms with Crippen LogP contribution in [-0.2, 0) is 10.2 Å². The Bertz CT molecular complexity index is 1090. The fourth-order valence-corrected chi connectivity index (χ4v) is 4.59. The van der Waals surface area contributed by atoms with Crippen LogP contribution in [0.4, 0.5) is 0 Å². The van der Waals surface area contributed by atoms with E-state index in [0.29, 0.717) is 5.92 Å². The molecule has 0 unspecified atom stereocenters. The number of carbonyl (C=O) groups is 1. The van der Waals surface area contributed by atoms with Crippen LogP contribution < -0.4 is 10.6 Å². The van der Waals surface area contributed by atoms with Crippen LogP contribution in [0.2, 0.25) is 0 Å². The Morgan fingerprint density at radius 3 is 2.58 bits per heavy atom. The Balaban J connectivity index is 1.72. The highest BCUT2D eigenvalue weighted by molar-refractivity contribution is 5.94. The zero-order valence-corrected chi connectivity index (χ0v) is 19.3. The van der Waals surface area contributed by atoms with Crippen molar-refractivity contribution >= 4 is 16.8 Å². The molecule has 0 atom stereocenters. The van der Waals surface area contributed by atoms with Crippen molar-refractivity contribution in [3.63, 3.8) is 0 Å². The van der Waals surface area contributed by atoms with Gasteiger partial charge < -0.3 is 15.6 Å². The van der Waals surface area contributed by atoms with Gasteiger partial charge in [-0.05, 0) is 88.0 Å². The van der Waals surface area contributed by atoms with Gasteiger partial charge in [0, 0.05) is 34.4 Å². The van der Waals surface area contributed by atoms with Gasteiger partial charge in [-0.15, -0.1) is 0 Å². The maximum absolute atomic E-state index is 13.2. The monoisotopic (exact) mass is 418 g/mol. The van der Waals surface area contributed by atoms with Gasteiger partial charge in [0.15, 0.2) is 0 Å². The number of hydrogen-bond donors (Lipinski definition) is 3. The van der Waals surface area contributed by atoms with E-state index in [1.54, 1.807) is 0 Å². The van der Waals surface area contributed by atoms with Crippen LogP contribution in [-0.4, -0.2) is 35.0 Å². The molecule has 3 N–H and O–H groups in total. The first-order valence-electron chi connectivity index (χ1n) is 11.4. The number of piperidine rings is 1. The van der Waals surface area contributed by atoms with Crippen molar-refractivity contribution in [2.45, 2.75) is 64.8 Å². The third kappa shape index (κ3) is 4.24. The van der Waals surface area contributed by atoms with E-state index < -0.39 is 5.41 Å². The molecule has 5 heteroatoms. The van der Waals surface area contributed by atoms with E-state index in [0.717, 1.165) is 54.0 Å². The minimum atomic E-state index is -0.599. The number of amides is 1. The predicted molar refractivity (Wildman–Crippen MR) is 127 cm³/mol. The number of rotatable bonds is 5. The number of pyridine rings is 1. The topological polar surface area (TPSA) is 69.8 Å². The van der Waals surface area contributed by atoms with Gasteiger partial charge >= 0.3 is 0 Å². The molecule has 164 valence electrons. The van der Waals surface area contributed by atoms with Crippen molar-refractivity contribution < 1.29 is 4.79 Å². The van der Waals surface area contributed by atoms with Crippen molar-refractivity contribution in [1.29, 1.82) is 0 Å². The molecule has 1 saturated heterocycles. The lowest BCUT2D eigenvalue weighted by molar-refractivity contribution is -0.126. The average molecular weight is 419 g/mol. The number of hydrogen-bond acceptors (Lipinski definition) is 3. The lowest BCUT2D eigenvalue weighted by Gasteiger charge is -2.30. The summed E-state index contributed by atoms with van der Waals surface area (Å²) in [5, 5.41) is 7.84. The molecule has 0 saturated carbocycles. The normalized spacial score (nSPS) is 15.5. The summed E-state index contributed by atoms with van der Waals surface area (Å²) >= 11 is 0. The molecule has 0 spiro atoms. The lowest BCUT2D eigenvalue weighted by Crippen LogP contribution is -2.48. The second-order valence-electron chi connectivity index (χ2n) is 9.64. The Morgan fingerprint density at radius 1 is 1.16 bits per heavy atom. The fraction of sp³-hybridized carbons (Fsp3) is 0.462. The van der Waals surface area contributed by atoms with Gasteiger partial charge in [0.25, 0.3) is 0 Å². The quantitative estimate of drug-likeness (QED) is 0.557. The summed E-state index contributed by atoms with van der Waals surface area (Å²) in [6.07, 6.45) is 3.84. The van der Waals surface area contributed by atoms with E-state index in [1.807, 2.05) is 27.0 Å². The molecular weight excluding hydrogens is 384 g/mol. The molecule has 1 aromatic carbocycles. The number of nitrogens with zero attached hydrogens (tertiary/aromatic N) is 1. The Labute approximate surface area is 185 Å². The minimum Gasteiger partial charge on any atom is -0.354 e. The smallest absolute Gasteiger partial charge is 0.230 e. The number of aryl methyl sites for hydroxylation is 1. The summed E-state index contributed by atoms with van der Waals surface area (Å²) in [6.45, 7) is 12.5. The summed E-state index contributed by atoms with van der Waals surface area (Å²) in [4.78, 5) is 21.2. The molecule has 2 aromatic heterocycles. The maximum Gasteiger partial charge on any atom is 0.230 e. The van der Waals surface area contributed by atoms with Crippen molar-refractivity contribution in [3.8, 4) is 11.3 Å². The van der Waals surface area contributed by atoms with Crippen LogP contribution in [0.25, 0.3) is 22.2 Å². The van der Waals surface area contributed by atoms with Crippen LogP contribution in [0, 0.1) is 6.92 Å². The number of fused-ring (bicyclic) bond motifs is 1. The van der Waals surface area contributed by atoms with Crippen LogP contribution in [0.3, 0.4) is 0 Å². The zero-order chi connectivity index (χ0) is 22.2. The number of H-pyrrole nitrogens is 1. The molecule has 3 heterocycles. The SMILES string of the molecule is Cc1cc(-c2[nH]c3ccc(C(C)(C)C(=O)NC4CCNCC4)cc3c2C(C)C)ccn1. The third-order valence-electron chi connectivity index (χ3n) is 6.57. The van der Waals surface area contributed by atoms with Crippen LogP contribution >= 0.6 is 0 Å². The van der Waals surface area contributed by atoms with Gasteiger partial charge in [-0.1, -0.05) is 19.9 Å². The molecule has 1 aliphatic rings. The summed E-state index contributed by atoms with van der Waals surface area (Å²) in [7, 11) is 0. The molecule has 0 aliphatic carbocycles. The highest BCUT2D eigenvalue weighted by Gasteiger charge is 2.32. The average Bonchev–Trinajstić information content (AvgIpc) is 3.13. The van der Waals surface area contributed by atoms with Gasteiger partial charge in [-0.3, -0.25) is 9.78 Å². The van der Waals surface area contributed by atoms with E-state index in [1.165, 1.54) is 10.9 Å². The Morgan fingerprint density at radius 2 is 1.90 bits per heavy atom. The molecule has 31 heavy (non-hydrogen) atoms. The number of benzene rings is 1. The summed E-state index contributed by atoms with van der Waals surface area (Å²) in [5.41, 5.74) is 6.13.